The number of Topliss-reactive ketones (excluding diaryl/α,β-unsaturated/α-hetero) is 1. The third-order valence-electron chi connectivity index (χ3n) is 3.38. The Kier molecular flexibility index (Phi) is 6.64. The van der Waals surface area contributed by atoms with Gasteiger partial charge in [0, 0.05) is 24.3 Å². The quantitative estimate of drug-likeness (QED) is 0.233. The van der Waals surface area contributed by atoms with E-state index in [0.717, 1.165) is 5.56 Å². The molecule has 2 aromatic rings. The number of primary amides is 1. The topological polar surface area (TPSA) is 135 Å². The summed E-state index contributed by atoms with van der Waals surface area (Å²) in [6, 6.07) is 9.63. The molecule has 1 heterocycles. The van der Waals surface area contributed by atoms with Crippen LogP contribution >= 0.6 is 11.3 Å². The molecule has 0 atom stereocenters. The Labute approximate surface area is 150 Å². The van der Waals surface area contributed by atoms with Crippen molar-refractivity contribution < 1.29 is 9.59 Å². The molecule has 0 fully saturated rings. The van der Waals surface area contributed by atoms with Crippen molar-refractivity contribution in [2.45, 2.75) is 19.3 Å². The number of nitrogens with two attached hydrogens (primary N) is 2. The van der Waals surface area contributed by atoms with Crippen LogP contribution in [0.5, 0.6) is 0 Å². The average Bonchev–Trinajstić information content (AvgIpc) is 2.99. The predicted molar refractivity (Wildman–Crippen MR) is 97.7 cm³/mol. The molecular weight excluding hydrogens is 338 g/mol. The summed E-state index contributed by atoms with van der Waals surface area (Å²) in [5, 5.41) is 9.98. The largest absolute Gasteiger partial charge is 0.370 e. The van der Waals surface area contributed by atoms with Crippen LogP contribution in [0.25, 0.3) is 0 Å². The Morgan fingerprint density at radius 3 is 2.60 bits per heavy atom. The first kappa shape index (κ1) is 18.6. The number of carbonyl (C=O) groups is 2. The lowest BCUT2D eigenvalue weighted by Crippen LogP contribution is -2.30. The third kappa shape index (κ3) is 5.68. The van der Waals surface area contributed by atoms with Crippen molar-refractivity contribution in [2.24, 2.45) is 11.5 Å². The van der Waals surface area contributed by atoms with Crippen LogP contribution in [0.2, 0.25) is 0 Å². The Hall–Kier alpha value is -2.74. The number of benzene rings is 1. The van der Waals surface area contributed by atoms with E-state index in [1.165, 1.54) is 17.8 Å². The maximum atomic E-state index is 12.2. The highest BCUT2D eigenvalue weighted by Crippen LogP contribution is 2.23. The number of rotatable bonds is 9. The third-order valence-corrected chi connectivity index (χ3v) is 4.45. The van der Waals surface area contributed by atoms with Crippen LogP contribution in [-0.4, -0.2) is 29.2 Å². The lowest BCUT2D eigenvalue weighted by atomic mass is 10.1. The van der Waals surface area contributed by atoms with Gasteiger partial charge in [-0.05, 0) is 18.4 Å². The number of amides is 1. The molecule has 1 aromatic heterocycles. The van der Waals surface area contributed by atoms with Crippen molar-refractivity contribution in [3.05, 3.63) is 57.9 Å². The van der Waals surface area contributed by atoms with E-state index in [1.807, 2.05) is 30.3 Å². The summed E-state index contributed by atoms with van der Waals surface area (Å²) in [6.07, 6.45) is 3.22. The maximum Gasteiger partial charge on any atom is 0.268 e. The van der Waals surface area contributed by atoms with Crippen LogP contribution < -0.4 is 16.8 Å². The van der Waals surface area contributed by atoms with Crippen LogP contribution in [0.3, 0.4) is 0 Å². The van der Waals surface area contributed by atoms with E-state index in [0.29, 0.717) is 30.7 Å². The molecule has 0 aliphatic rings. The van der Waals surface area contributed by atoms with E-state index >= 15 is 0 Å². The van der Waals surface area contributed by atoms with E-state index < -0.39 is 5.91 Å². The van der Waals surface area contributed by atoms with E-state index in [-0.39, 0.29) is 22.4 Å². The predicted octanol–water partition coefficient (Wildman–Crippen LogP) is 1.48. The second-order valence-corrected chi connectivity index (χ2v) is 6.45. The van der Waals surface area contributed by atoms with Gasteiger partial charge in [-0.15, -0.1) is 11.3 Å². The van der Waals surface area contributed by atoms with Gasteiger partial charge in [-0.2, -0.15) is 0 Å². The van der Waals surface area contributed by atoms with Gasteiger partial charge < -0.3 is 16.8 Å². The number of guanidine groups is 1. The molecule has 0 saturated carbocycles. The highest BCUT2D eigenvalue weighted by Gasteiger charge is 2.20. The molecule has 1 aromatic carbocycles. The van der Waals surface area contributed by atoms with Crippen molar-refractivity contribution in [3.63, 3.8) is 0 Å². The standard InChI is InChI=1S/C17H20N5O2S/c18-15(24)14-13(10-11-6-2-1-3-7-11)25-16(22-14)12(23)8-4-5-9-21-17(19)20/h1-3,6-8H,4-5,9-10H2,(H2,18,24)(H4,19,20,21). The van der Waals surface area contributed by atoms with Gasteiger partial charge in [0.15, 0.2) is 16.8 Å². The molecule has 2 rings (SSSR count). The Morgan fingerprint density at radius 2 is 1.96 bits per heavy atom. The summed E-state index contributed by atoms with van der Waals surface area (Å²) in [7, 11) is 0. The fourth-order valence-electron chi connectivity index (χ4n) is 2.20. The Morgan fingerprint density at radius 1 is 1.24 bits per heavy atom. The number of aromatic nitrogens is 1. The van der Waals surface area contributed by atoms with Gasteiger partial charge in [0.2, 0.25) is 0 Å². The zero-order valence-corrected chi connectivity index (χ0v) is 14.4. The normalized spacial score (nSPS) is 10.4. The molecule has 131 valence electrons. The first-order valence-corrected chi connectivity index (χ1v) is 8.58. The maximum absolute atomic E-state index is 12.2. The van der Waals surface area contributed by atoms with Gasteiger partial charge in [-0.1, -0.05) is 30.3 Å². The van der Waals surface area contributed by atoms with Gasteiger partial charge in [-0.25, -0.2) is 4.98 Å². The number of hydrogen-bond acceptors (Lipinski definition) is 5. The van der Waals surface area contributed by atoms with E-state index in [1.54, 1.807) is 0 Å². The zero-order valence-electron chi connectivity index (χ0n) is 13.6. The lowest BCUT2D eigenvalue weighted by Gasteiger charge is -2.01. The highest BCUT2D eigenvalue weighted by molar-refractivity contribution is 7.14. The first-order chi connectivity index (χ1) is 12.0. The zero-order chi connectivity index (χ0) is 18.2. The molecule has 1 amide bonds. The number of nitrogens with one attached hydrogen (secondary N) is 2. The summed E-state index contributed by atoms with van der Waals surface area (Å²) < 4.78 is 0. The minimum absolute atomic E-state index is 0.0945. The lowest BCUT2D eigenvalue weighted by molar-refractivity contribution is 0.0995. The number of ketones is 1. The van der Waals surface area contributed by atoms with Crippen molar-refractivity contribution in [3.8, 4) is 0 Å². The van der Waals surface area contributed by atoms with Gasteiger partial charge in [0.1, 0.15) is 5.69 Å². The summed E-state index contributed by atoms with van der Waals surface area (Å²) in [6.45, 7) is 0.517. The molecule has 0 aliphatic heterocycles. The van der Waals surface area contributed by atoms with E-state index in [9.17, 15) is 9.59 Å². The molecule has 0 bridgehead atoms. The van der Waals surface area contributed by atoms with Crippen molar-refractivity contribution in [1.82, 2.24) is 10.3 Å². The van der Waals surface area contributed by atoms with Crippen LogP contribution in [-0.2, 0) is 6.42 Å². The summed E-state index contributed by atoms with van der Waals surface area (Å²) in [5.41, 5.74) is 11.7. The fourth-order valence-corrected chi connectivity index (χ4v) is 3.23. The summed E-state index contributed by atoms with van der Waals surface area (Å²) in [4.78, 5) is 28.7. The SMILES string of the molecule is N=C(N)NCCC[CH]C(=O)c1nc(C(N)=O)c(Cc2ccccc2)s1. The fraction of sp³-hybridized carbons (Fsp3) is 0.235. The Bertz CT molecular complexity index is 758. The smallest absolute Gasteiger partial charge is 0.268 e. The molecule has 6 N–H and O–H groups in total. The molecule has 0 aliphatic carbocycles. The molecular formula is C17H20N5O2S. The number of carbonyl (C=O) groups excluding carboxylic acids is 2. The van der Waals surface area contributed by atoms with Gasteiger partial charge in [0.05, 0.1) is 0 Å². The van der Waals surface area contributed by atoms with Crippen molar-refractivity contribution in [2.75, 3.05) is 6.54 Å². The van der Waals surface area contributed by atoms with Crippen LogP contribution in [0.1, 0.15) is 43.6 Å². The molecule has 7 nitrogen and oxygen atoms in total. The number of unbranched alkanes of at least 4 members (excludes halogenated alkanes) is 1. The van der Waals surface area contributed by atoms with Crippen molar-refractivity contribution >= 4 is 29.0 Å². The second kappa shape index (κ2) is 8.93. The highest BCUT2D eigenvalue weighted by atomic mass is 32.1. The molecule has 0 saturated heterocycles. The minimum atomic E-state index is -0.633. The second-order valence-electron chi connectivity index (χ2n) is 5.37. The van der Waals surface area contributed by atoms with Crippen LogP contribution in [0.15, 0.2) is 30.3 Å². The number of nitrogens with zero attached hydrogens (tertiary/aromatic N) is 1. The molecule has 8 heteroatoms. The molecule has 25 heavy (non-hydrogen) atoms. The van der Waals surface area contributed by atoms with Crippen molar-refractivity contribution in [1.29, 1.82) is 5.41 Å². The average molecular weight is 358 g/mol. The summed E-state index contributed by atoms with van der Waals surface area (Å²) in [5.74, 6) is -0.954. The molecule has 0 unspecified atom stereocenters. The van der Waals surface area contributed by atoms with Crippen LogP contribution in [0.4, 0.5) is 0 Å². The Balaban J connectivity index is 2.01. The minimum Gasteiger partial charge on any atom is -0.370 e. The van der Waals surface area contributed by atoms with Gasteiger partial charge in [-0.3, -0.25) is 15.0 Å². The molecule has 0 spiro atoms. The van der Waals surface area contributed by atoms with Gasteiger partial charge in [0.25, 0.3) is 5.91 Å². The van der Waals surface area contributed by atoms with Crippen LogP contribution in [0, 0.1) is 11.8 Å². The number of hydrogen-bond donors (Lipinski definition) is 4. The molecule has 1 radical (unpaired) electrons. The van der Waals surface area contributed by atoms with E-state index in [2.05, 4.69) is 10.3 Å². The van der Waals surface area contributed by atoms with E-state index in [4.69, 9.17) is 16.9 Å². The summed E-state index contributed by atoms with van der Waals surface area (Å²) >= 11 is 1.20. The van der Waals surface area contributed by atoms with Gasteiger partial charge >= 0.3 is 0 Å². The number of thiazole rings is 1. The monoisotopic (exact) mass is 358 g/mol. The first-order valence-electron chi connectivity index (χ1n) is 7.76.